The van der Waals surface area contributed by atoms with Crippen molar-refractivity contribution in [3.8, 4) is 0 Å². The fourth-order valence-electron chi connectivity index (χ4n) is 5.15. The third-order valence-corrected chi connectivity index (χ3v) is 6.70. The Hall–Kier alpha value is -3.00. The number of hydrogen-bond donors (Lipinski definition) is 2. The minimum atomic E-state index is -1.53. The largest absolute Gasteiger partial charge is 0.370 e. The number of carbonyl (C=O) groups is 1. The first-order valence-corrected chi connectivity index (χ1v) is 11.2. The fourth-order valence-corrected chi connectivity index (χ4v) is 5.15. The smallest absolute Gasteiger partial charge is 0.224 e. The van der Waals surface area contributed by atoms with Crippen LogP contribution in [0.5, 0.6) is 0 Å². The number of hydrogen-bond acceptors (Lipinski definition) is 3. The Labute approximate surface area is 190 Å². The second-order valence-corrected chi connectivity index (χ2v) is 9.73. The van der Waals surface area contributed by atoms with E-state index in [0.717, 1.165) is 16.5 Å². The van der Waals surface area contributed by atoms with Crippen molar-refractivity contribution in [2.75, 3.05) is 31.1 Å². The van der Waals surface area contributed by atoms with Gasteiger partial charge in [-0.2, -0.15) is 0 Å². The number of amides is 1. The summed E-state index contributed by atoms with van der Waals surface area (Å²) in [6, 6.07) is 9.58. The lowest BCUT2D eigenvalue weighted by atomic mass is 9.90. The van der Waals surface area contributed by atoms with E-state index in [2.05, 4.69) is 4.98 Å². The third-order valence-electron chi connectivity index (χ3n) is 6.70. The predicted molar refractivity (Wildman–Crippen MR) is 122 cm³/mol. The number of alkyl halides is 1. The molecule has 3 aromatic rings. The number of nitrogens with zero attached hydrogens (tertiary/aromatic N) is 2. The molecule has 174 valence electrons. The molecule has 1 fully saturated rings. The van der Waals surface area contributed by atoms with E-state index >= 15 is 8.78 Å². The zero-order chi connectivity index (χ0) is 23.5. The summed E-state index contributed by atoms with van der Waals surface area (Å²) in [5.41, 5.74) is 6.66. The molecular formula is C25H27F3N4O. The summed E-state index contributed by atoms with van der Waals surface area (Å²) in [6.07, 6.45) is 0.662. The maximum absolute atomic E-state index is 15.5. The molecule has 3 N–H and O–H groups in total. The molecule has 0 spiro atoms. The molecule has 1 unspecified atom stereocenters. The lowest BCUT2D eigenvalue weighted by Crippen LogP contribution is -2.52. The topological polar surface area (TPSA) is 65.4 Å². The van der Waals surface area contributed by atoms with E-state index in [-0.39, 0.29) is 18.0 Å². The van der Waals surface area contributed by atoms with Gasteiger partial charge in [-0.1, -0.05) is 18.2 Å². The fraction of sp³-hybridized carbons (Fsp3) is 0.400. The summed E-state index contributed by atoms with van der Waals surface area (Å²) >= 11 is 0. The van der Waals surface area contributed by atoms with E-state index in [1.54, 1.807) is 4.90 Å². The molecular weight excluding hydrogens is 429 g/mol. The number of rotatable bonds is 5. The Morgan fingerprint density at radius 2 is 1.85 bits per heavy atom. The highest BCUT2D eigenvalue weighted by molar-refractivity contribution is 5.85. The minimum Gasteiger partial charge on any atom is -0.370 e. The second-order valence-electron chi connectivity index (χ2n) is 9.73. The number of aromatic amines is 1. The summed E-state index contributed by atoms with van der Waals surface area (Å²) in [5, 5.41) is 1.02. The van der Waals surface area contributed by atoms with Crippen LogP contribution in [0.2, 0.25) is 0 Å². The number of benzene rings is 2. The van der Waals surface area contributed by atoms with Crippen LogP contribution in [0.3, 0.4) is 0 Å². The summed E-state index contributed by atoms with van der Waals surface area (Å²) in [7, 11) is 0. The van der Waals surface area contributed by atoms with Crippen molar-refractivity contribution in [1.82, 2.24) is 9.88 Å². The minimum absolute atomic E-state index is 0.0412. The number of H-pyrrole nitrogens is 1. The molecule has 2 aromatic carbocycles. The lowest BCUT2D eigenvalue weighted by Gasteiger charge is -2.40. The van der Waals surface area contributed by atoms with Crippen LogP contribution in [-0.4, -0.2) is 47.6 Å². The van der Waals surface area contributed by atoms with E-state index in [1.165, 1.54) is 26.0 Å². The molecule has 0 radical (unpaired) electrons. The predicted octanol–water partition coefficient (Wildman–Crippen LogP) is 4.06. The molecule has 1 atom stereocenters. The highest BCUT2D eigenvalue weighted by atomic mass is 19.1. The standard InChI is InChI=1S/C25H27F3N4O/c1-25(2,28)13-31-8-7-17-16-5-3-4-6-20(16)30-22(17)23(31)21-18(26)9-15(10-19(21)27)32-11-14(12-32)24(29)33/h3-6,9-10,14,23,30H,7-8,11-13H2,1-2H3,(H2,29,33). The van der Waals surface area contributed by atoms with E-state index in [9.17, 15) is 9.18 Å². The first-order valence-electron chi connectivity index (χ1n) is 11.2. The van der Waals surface area contributed by atoms with Crippen LogP contribution < -0.4 is 10.6 Å². The Morgan fingerprint density at radius 1 is 1.18 bits per heavy atom. The number of carbonyl (C=O) groups excluding carboxylic acids is 1. The molecule has 0 saturated carbocycles. The van der Waals surface area contributed by atoms with E-state index < -0.39 is 29.3 Å². The number of fused-ring (bicyclic) bond motifs is 3. The Kier molecular flexibility index (Phi) is 5.16. The van der Waals surface area contributed by atoms with Gasteiger partial charge in [0.2, 0.25) is 5.91 Å². The van der Waals surface area contributed by atoms with Crippen molar-refractivity contribution in [2.24, 2.45) is 11.7 Å². The molecule has 5 rings (SSSR count). The molecule has 1 amide bonds. The summed E-state index contributed by atoms with van der Waals surface area (Å²) in [4.78, 5) is 18.2. The highest BCUT2D eigenvalue weighted by Gasteiger charge is 2.39. The van der Waals surface area contributed by atoms with Crippen molar-refractivity contribution in [3.63, 3.8) is 0 Å². The molecule has 8 heteroatoms. The SMILES string of the molecule is CC(C)(F)CN1CCc2c([nH]c3ccccc23)C1c1c(F)cc(N2CC(C(N)=O)C2)cc1F. The van der Waals surface area contributed by atoms with Gasteiger partial charge >= 0.3 is 0 Å². The molecule has 2 aliphatic rings. The van der Waals surface area contributed by atoms with Gasteiger partial charge in [0.05, 0.1) is 12.0 Å². The van der Waals surface area contributed by atoms with Gasteiger partial charge in [-0.25, -0.2) is 13.2 Å². The lowest BCUT2D eigenvalue weighted by molar-refractivity contribution is -0.122. The number of anilines is 1. The van der Waals surface area contributed by atoms with Gasteiger partial charge < -0.3 is 15.6 Å². The van der Waals surface area contributed by atoms with Gasteiger partial charge in [0, 0.05) is 54.0 Å². The Balaban J connectivity index is 1.58. The van der Waals surface area contributed by atoms with E-state index in [4.69, 9.17) is 5.73 Å². The second kappa shape index (κ2) is 7.80. The zero-order valence-corrected chi connectivity index (χ0v) is 18.7. The number of primary amides is 1. The summed E-state index contributed by atoms with van der Waals surface area (Å²) < 4.78 is 45.8. The van der Waals surface area contributed by atoms with Crippen LogP contribution in [0, 0.1) is 17.6 Å². The van der Waals surface area contributed by atoms with Crippen molar-refractivity contribution in [1.29, 1.82) is 0 Å². The maximum Gasteiger partial charge on any atom is 0.224 e. The number of aromatic nitrogens is 1. The van der Waals surface area contributed by atoms with E-state index in [1.807, 2.05) is 29.2 Å². The highest BCUT2D eigenvalue weighted by Crippen LogP contribution is 2.42. The third kappa shape index (κ3) is 3.86. The maximum atomic E-state index is 15.5. The van der Waals surface area contributed by atoms with Crippen LogP contribution in [0.25, 0.3) is 10.9 Å². The van der Waals surface area contributed by atoms with Crippen LogP contribution in [0.15, 0.2) is 36.4 Å². The number of nitrogens with two attached hydrogens (primary N) is 1. The molecule has 3 heterocycles. The van der Waals surface area contributed by atoms with E-state index in [0.29, 0.717) is 37.4 Å². The summed E-state index contributed by atoms with van der Waals surface area (Å²) in [6.45, 7) is 4.15. The molecule has 0 bridgehead atoms. The van der Waals surface area contributed by atoms with Gasteiger partial charge in [0.15, 0.2) is 0 Å². The Bertz CT molecular complexity index is 1200. The van der Waals surface area contributed by atoms with Crippen molar-refractivity contribution >= 4 is 22.5 Å². The number of nitrogens with one attached hydrogen (secondary N) is 1. The van der Waals surface area contributed by atoms with Crippen molar-refractivity contribution < 1.29 is 18.0 Å². The first-order chi connectivity index (χ1) is 15.6. The van der Waals surface area contributed by atoms with Crippen LogP contribution in [0.4, 0.5) is 18.9 Å². The summed E-state index contributed by atoms with van der Waals surface area (Å²) in [5.74, 6) is -2.11. The molecule has 1 saturated heterocycles. The first kappa shape index (κ1) is 21.8. The van der Waals surface area contributed by atoms with Crippen LogP contribution >= 0.6 is 0 Å². The molecule has 0 aliphatic carbocycles. The normalized spacial score (nSPS) is 19.5. The average molecular weight is 457 g/mol. The van der Waals surface area contributed by atoms with Crippen LogP contribution in [-0.2, 0) is 11.2 Å². The number of halogens is 3. The van der Waals surface area contributed by atoms with Crippen molar-refractivity contribution in [2.45, 2.75) is 32.0 Å². The van der Waals surface area contributed by atoms with Crippen LogP contribution in [0.1, 0.15) is 36.7 Å². The number of para-hydroxylation sites is 1. The average Bonchev–Trinajstić information content (AvgIpc) is 3.05. The quantitative estimate of drug-likeness (QED) is 0.609. The molecule has 33 heavy (non-hydrogen) atoms. The zero-order valence-electron chi connectivity index (χ0n) is 18.7. The molecule has 1 aromatic heterocycles. The van der Waals surface area contributed by atoms with Gasteiger partial charge in [0.1, 0.15) is 17.3 Å². The van der Waals surface area contributed by atoms with Crippen molar-refractivity contribution in [3.05, 3.63) is 64.9 Å². The van der Waals surface area contributed by atoms with Gasteiger partial charge in [-0.15, -0.1) is 0 Å². The van der Waals surface area contributed by atoms with Gasteiger partial charge in [0.25, 0.3) is 0 Å². The molecule has 2 aliphatic heterocycles. The Morgan fingerprint density at radius 3 is 2.48 bits per heavy atom. The van der Waals surface area contributed by atoms with Gasteiger partial charge in [-0.05, 0) is 44.0 Å². The molecule has 5 nitrogen and oxygen atoms in total. The monoisotopic (exact) mass is 456 g/mol. The van der Waals surface area contributed by atoms with Gasteiger partial charge in [-0.3, -0.25) is 9.69 Å².